The summed E-state index contributed by atoms with van der Waals surface area (Å²) in [6.45, 7) is 0. The molecule has 1 amide bonds. The van der Waals surface area contributed by atoms with Gasteiger partial charge in [0, 0.05) is 23.0 Å². The van der Waals surface area contributed by atoms with Crippen LogP contribution in [-0.4, -0.2) is 30.2 Å². The Morgan fingerprint density at radius 2 is 2.00 bits per heavy atom. The molecule has 37 heavy (non-hydrogen) atoms. The summed E-state index contributed by atoms with van der Waals surface area (Å²) in [5.74, 6) is -0.664. The Morgan fingerprint density at radius 3 is 2.81 bits per heavy atom. The molecule has 0 saturated heterocycles. The number of aromatic nitrogens is 5. The van der Waals surface area contributed by atoms with Gasteiger partial charge in [-0.15, -0.1) is 0 Å². The zero-order valence-corrected chi connectivity index (χ0v) is 22.5. The molecular weight excluding hydrogens is 629 g/mol. The molecule has 3 aromatic heterocycles. The highest BCUT2D eigenvalue weighted by Crippen LogP contribution is 2.34. The van der Waals surface area contributed by atoms with Gasteiger partial charge in [0.1, 0.15) is 41.6 Å². The largest absolute Gasteiger partial charge is 0.337 e. The Morgan fingerprint density at radius 1 is 1.14 bits per heavy atom. The summed E-state index contributed by atoms with van der Waals surface area (Å²) in [6.07, 6.45) is 5.14. The van der Waals surface area contributed by atoms with Crippen molar-refractivity contribution in [1.82, 2.24) is 24.3 Å². The first kappa shape index (κ1) is 25.0. The van der Waals surface area contributed by atoms with Gasteiger partial charge in [0.2, 0.25) is 0 Å². The van der Waals surface area contributed by atoms with E-state index in [0.717, 1.165) is 0 Å². The third kappa shape index (κ3) is 5.09. The second kappa shape index (κ2) is 10.7. The van der Waals surface area contributed by atoms with Gasteiger partial charge in [-0.2, -0.15) is 5.26 Å². The molecule has 0 saturated carbocycles. The maximum absolute atomic E-state index is 14.8. The summed E-state index contributed by atoms with van der Waals surface area (Å²) in [4.78, 5) is 30.3. The number of carbonyl (C=O) groups excluding carboxylic acids is 1. The molecule has 5 rings (SSSR count). The highest BCUT2D eigenvalue weighted by Gasteiger charge is 2.17. The number of amides is 1. The van der Waals surface area contributed by atoms with Crippen molar-refractivity contribution in [2.24, 2.45) is 0 Å². The average molecular weight is 643 g/mol. The quantitative estimate of drug-likeness (QED) is 0.164. The van der Waals surface area contributed by atoms with Crippen molar-refractivity contribution >= 4 is 74.3 Å². The first-order chi connectivity index (χ1) is 18.0. The minimum absolute atomic E-state index is 0.0937. The summed E-state index contributed by atoms with van der Waals surface area (Å²) >= 11 is 8.19. The third-order valence-corrected chi connectivity index (χ3v) is 7.71. The Kier molecular flexibility index (Phi) is 7.23. The predicted octanol–water partition coefficient (Wildman–Crippen LogP) is 6.34. The van der Waals surface area contributed by atoms with Gasteiger partial charge in [0.25, 0.3) is 5.91 Å². The molecule has 0 bridgehead atoms. The first-order valence-electron chi connectivity index (χ1n) is 10.6. The molecule has 1 unspecified atom stereocenters. The number of halogens is 3. The van der Waals surface area contributed by atoms with Gasteiger partial charge in [0.15, 0.2) is 5.65 Å². The summed E-state index contributed by atoms with van der Waals surface area (Å²) < 4.78 is 16.7. The number of nitrogens with zero attached hydrogens (tertiary/aromatic N) is 6. The lowest BCUT2D eigenvalue weighted by molar-refractivity contribution is 0.102. The van der Waals surface area contributed by atoms with Crippen LogP contribution < -0.4 is 10.6 Å². The van der Waals surface area contributed by atoms with Crippen molar-refractivity contribution < 1.29 is 9.18 Å². The van der Waals surface area contributed by atoms with Gasteiger partial charge in [-0.3, -0.25) is 9.13 Å². The first-order valence-corrected chi connectivity index (χ1v) is 15.0. The topological polar surface area (TPSA) is 121 Å². The number of imidazole rings is 1. The molecule has 2 N–H and O–H groups in total. The Balaban J connectivity index is 1.46. The van der Waals surface area contributed by atoms with Crippen molar-refractivity contribution in [3.8, 4) is 17.3 Å². The van der Waals surface area contributed by atoms with Crippen molar-refractivity contribution in [1.29, 1.82) is 5.26 Å². The standard InChI is InChI=1S/C24H14ClFIN8OP/c25-17-5-3-13(8-14(17)10-28)24(36)33-15-4-6-18(26)19(9-15)34-22-16(2-1-7-29-22)20-21-23(31-11-30-20)35(37-27)12-32-21/h1-9,11-12,37H,(H,29,34)(H,33,36). The van der Waals surface area contributed by atoms with E-state index in [9.17, 15) is 9.18 Å². The van der Waals surface area contributed by atoms with Crippen LogP contribution >= 0.6 is 40.0 Å². The van der Waals surface area contributed by atoms with E-state index in [1.165, 1.54) is 42.7 Å². The van der Waals surface area contributed by atoms with E-state index in [-0.39, 0.29) is 21.8 Å². The van der Waals surface area contributed by atoms with E-state index >= 15 is 0 Å². The third-order valence-electron chi connectivity index (χ3n) is 5.31. The summed E-state index contributed by atoms with van der Waals surface area (Å²) in [5, 5.41) is 15.1. The van der Waals surface area contributed by atoms with Gasteiger partial charge in [-0.1, -0.05) is 11.6 Å². The number of nitriles is 1. The van der Waals surface area contributed by atoms with Gasteiger partial charge in [0.05, 0.1) is 22.6 Å². The molecule has 5 aromatic rings. The Labute approximate surface area is 229 Å². The zero-order chi connectivity index (χ0) is 25.9. The van der Waals surface area contributed by atoms with Crippen LogP contribution in [0.2, 0.25) is 5.02 Å². The average Bonchev–Trinajstić information content (AvgIpc) is 3.34. The lowest BCUT2D eigenvalue weighted by atomic mass is 10.1. The summed E-state index contributed by atoms with van der Waals surface area (Å²) in [7, 11) is 0. The van der Waals surface area contributed by atoms with Crippen molar-refractivity contribution in [2.45, 2.75) is 0 Å². The lowest BCUT2D eigenvalue weighted by Gasteiger charge is -2.13. The molecule has 182 valence electrons. The van der Waals surface area contributed by atoms with E-state index < -0.39 is 11.7 Å². The fourth-order valence-electron chi connectivity index (χ4n) is 3.57. The second-order valence-corrected chi connectivity index (χ2v) is 10.1. The van der Waals surface area contributed by atoms with Crippen LogP contribution in [0.1, 0.15) is 15.9 Å². The van der Waals surface area contributed by atoms with E-state index in [1.54, 1.807) is 24.7 Å². The number of fused-ring (bicyclic) bond motifs is 1. The fraction of sp³-hybridized carbons (Fsp3) is 0. The van der Waals surface area contributed by atoms with Gasteiger partial charge >= 0.3 is 0 Å². The molecule has 13 heteroatoms. The van der Waals surface area contributed by atoms with E-state index in [4.69, 9.17) is 16.9 Å². The number of rotatable bonds is 6. The highest BCUT2D eigenvalue weighted by molar-refractivity contribution is 14.2. The number of nitrogens with one attached hydrogen (secondary N) is 2. The van der Waals surface area contributed by atoms with Crippen LogP contribution in [0.25, 0.3) is 22.4 Å². The maximum Gasteiger partial charge on any atom is 0.255 e. The molecular formula is C24H14ClFIN8OP. The smallest absolute Gasteiger partial charge is 0.255 e. The number of carbonyl (C=O) groups is 1. The van der Waals surface area contributed by atoms with Crippen LogP contribution in [0.4, 0.5) is 21.6 Å². The number of hydrogen-bond donors (Lipinski definition) is 2. The van der Waals surface area contributed by atoms with Crippen LogP contribution in [0.3, 0.4) is 0 Å². The van der Waals surface area contributed by atoms with Gasteiger partial charge < -0.3 is 10.6 Å². The van der Waals surface area contributed by atoms with E-state index in [2.05, 4.69) is 52.6 Å². The van der Waals surface area contributed by atoms with Crippen molar-refractivity contribution in [2.75, 3.05) is 10.6 Å². The van der Waals surface area contributed by atoms with E-state index in [0.29, 0.717) is 40.3 Å². The second-order valence-electron chi connectivity index (χ2n) is 7.57. The number of hydrogen-bond acceptors (Lipinski definition) is 7. The molecule has 0 aliphatic heterocycles. The van der Waals surface area contributed by atoms with Crippen LogP contribution in [0.5, 0.6) is 0 Å². The summed E-state index contributed by atoms with van der Waals surface area (Å²) in [6, 6.07) is 14.0. The van der Waals surface area contributed by atoms with E-state index in [1.807, 2.05) is 10.4 Å². The summed E-state index contributed by atoms with van der Waals surface area (Å²) in [5.41, 5.74) is 3.30. The van der Waals surface area contributed by atoms with Gasteiger partial charge in [-0.25, -0.2) is 24.3 Å². The molecule has 0 radical (unpaired) electrons. The number of benzene rings is 2. The predicted molar refractivity (Wildman–Crippen MR) is 150 cm³/mol. The zero-order valence-electron chi connectivity index (χ0n) is 18.6. The molecule has 9 nitrogen and oxygen atoms in total. The molecule has 0 fully saturated rings. The molecule has 2 aromatic carbocycles. The minimum atomic E-state index is -0.545. The van der Waals surface area contributed by atoms with Crippen LogP contribution in [0, 0.1) is 17.1 Å². The molecule has 0 aliphatic rings. The highest BCUT2D eigenvalue weighted by atomic mass is 127. The molecule has 3 heterocycles. The minimum Gasteiger partial charge on any atom is -0.337 e. The fourth-order valence-corrected chi connectivity index (χ4v) is 5.14. The van der Waals surface area contributed by atoms with Crippen molar-refractivity contribution in [3.63, 3.8) is 0 Å². The molecule has 0 spiro atoms. The number of pyridine rings is 1. The SMILES string of the molecule is N#Cc1cc(C(=O)Nc2ccc(F)c(Nc3ncccc3-c3ncnc4c3ncn4PI)c2)ccc1Cl. The normalized spacial score (nSPS) is 11.1. The molecule has 0 aliphatic carbocycles. The van der Waals surface area contributed by atoms with Crippen LogP contribution in [0.15, 0.2) is 67.4 Å². The Hall–Kier alpha value is -3.72. The van der Waals surface area contributed by atoms with Gasteiger partial charge in [-0.05, 0) is 70.6 Å². The van der Waals surface area contributed by atoms with Crippen molar-refractivity contribution in [3.05, 3.63) is 89.3 Å². The Bertz CT molecular complexity index is 1710. The molecule has 1 atom stereocenters. The maximum atomic E-state index is 14.8. The number of anilines is 3. The monoisotopic (exact) mass is 642 g/mol. The lowest BCUT2D eigenvalue weighted by Crippen LogP contribution is -2.12. The van der Waals surface area contributed by atoms with Crippen LogP contribution in [-0.2, 0) is 0 Å².